The lowest BCUT2D eigenvalue weighted by Gasteiger charge is -2.27. The summed E-state index contributed by atoms with van der Waals surface area (Å²) in [5.41, 5.74) is 8.72. The monoisotopic (exact) mass is 455 g/mol. The fraction of sp³-hybridized carbons (Fsp3) is 0.227. The molecule has 2 heterocycles. The summed E-state index contributed by atoms with van der Waals surface area (Å²) in [4.78, 5) is 16.9. The molecule has 3 N–H and O–H groups in total. The minimum absolute atomic E-state index is 0.448. The molecule has 3 aromatic rings. The molecule has 1 aromatic heterocycles. The highest BCUT2D eigenvalue weighted by Crippen LogP contribution is 2.37. The van der Waals surface area contributed by atoms with Crippen molar-refractivity contribution in [1.29, 1.82) is 0 Å². The lowest BCUT2D eigenvalue weighted by molar-refractivity contribution is -0.115. The van der Waals surface area contributed by atoms with E-state index in [2.05, 4.69) is 15.4 Å². The standard InChI is InChI=1S/C22H22ClN5O2S/c1-3-30-16-10-8-14(9-11-16)19-18(20(24)29)13(2)25-21-26-22(27-28(19)21)31-12-15-6-4-5-7-17(15)23/h4-11,19H,3,12H2,1-2H3,(H2,24,29)(H,25,26,27). The first-order valence-corrected chi connectivity index (χ1v) is 11.2. The zero-order valence-electron chi connectivity index (χ0n) is 17.1. The third-order valence-electron chi connectivity index (χ3n) is 4.92. The van der Waals surface area contributed by atoms with Crippen LogP contribution >= 0.6 is 23.4 Å². The van der Waals surface area contributed by atoms with Gasteiger partial charge in [-0.1, -0.05) is 53.7 Å². The molecule has 9 heteroatoms. The zero-order valence-corrected chi connectivity index (χ0v) is 18.7. The first-order valence-electron chi connectivity index (χ1n) is 9.81. The molecule has 0 saturated carbocycles. The van der Waals surface area contributed by atoms with Crippen LogP contribution in [-0.2, 0) is 10.5 Å². The van der Waals surface area contributed by atoms with Crippen molar-refractivity contribution in [2.75, 3.05) is 11.9 Å². The second kappa shape index (κ2) is 9.03. The predicted octanol–water partition coefficient (Wildman–Crippen LogP) is 4.40. The van der Waals surface area contributed by atoms with Gasteiger partial charge in [-0.2, -0.15) is 4.98 Å². The van der Waals surface area contributed by atoms with Crippen LogP contribution in [0.5, 0.6) is 5.75 Å². The number of nitrogens with zero attached hydrogens (tertiary/aromatic N) is 3. The number of carbonyl (C=O) groups excluding carboxylic acids is 1. The van der Waals surface area contributed by atoms with Crippen molar-refractivity contribution in [2.45, 2.75) is 30.8 Å². The maximum atomic E-state index is 12.3. The number of benzene rings is 2. The van der Waals surface area contributed by atoms with Crippen LogP contribution in [0.1, 0.15) is 31.0 Å². The van der Waals surface area contributed by atoms with E-state index >= 15 is 0 Å². The zero-order chi connectivity index (χ0) is 22.0. The Morgan fingerprint density at radius 2 is 2.00 bits per heavy atom. The van der Waals surface area contributed by atoms with Crippen molar-refractivity contribution >= 4 is 35.2 Å². The van der Waals surface area contributed by atoms with Crippen LogP contribution in [0, 0.1) is 0 Å². The molecule has 0 aliphatic carbocycles. The Kier molecular flexibility index (Phi) is 6.20. The summed E-state index contributed by atoms with van der Waals surface area (Å²) in [5.74, 6) is 1.45. The topological polar surface area (TPSA) is 95.1 Å². The van der Waals surface area contributed by atoms with Gasteiger partial charge in [-0.25, -0.2) is 4.68 Å². The number of carbonyl (C=O) groups is 1. The lowest BCUT2D eigenvalue weighted by atomic mass is 9.95. The van der Waals surface area contributed by atoms with Crippen molar-refractivity contribution in [2.24, 2.45) is 5.73 Å². The molecule has 1 amide bonds. The highest BCUT2D eigenvalue weighted by atomic mass is 35.5. The van der Waals surface area contributed by atoms with E-state index in [1.165, 1.54) is 11.8 Å². The van der Waals surface area contributed by atoms with Crippen molar-refractivity contribution in [3.63, 3.8) is 0 Å². The fourth-order valence-electron chi connectivity index (χ4n) is 3.49. The second-order valence-corrected chi connectivity index (χ2v) is 8.32. The average molecular weight is 456 g/mol. The largest absolute Gasteiger partial charge is 0.494 e. The maximum Gasteiger partial charge on any atom is 0.248 e. The van der Waals surface area contributed by atoms with Crippen molar-refractivity contribution in [3.8, 4) is 5.75 Å². The van der Waals surface area contributed by atoms with E-state index < -0.39 is 11.9 Å². The highest BCUT2D eigenvalue weighted by Gasteiger charge is 2.33. The number of fused-ring (bicyclic) bond motifs is 1. The molecule has 4 rings (SSSR count). The molecule has 1 atom stereocenters. The summed E-state index contributed by atoms with van der Waals surface area (Å²) >= 11 is 7.74. The molecule has 0 saturated heterocycles. The molecule has 0 fully saturated rings. The Hall–Kier alpha value is -2.97. The molecule has 7 nitrogen and oxygen atoms in total. The Labute approximate surface area is 189 Å². The van der Waals surface area contributed by atoms with Gasteiger partial charge in [0.1, 0.15) is 11.8 Å². The first kappa shape index (κ1) is 21.3. The summed E-state index contributed by atoms with van der Waals surface area (Å²) < 4.78 is 7.24. The Bertz CT molecular complexity index is 1140. The summed E-state index contributed by atoms with van der Waals surface area (Å²) in [5, 5.41) is 9.11. The third kappa shape index (κ3) is 4.40. The van der Waals surface area contributed by atoms with Crippen LogP contribution < -0.4 is 15.8 Å². The number of nitrogens with two attached hydrogens (primary N) is 1. The number of halogens is 1. The highest BCUT2D eigenvalue weighted by molar-refractivity contribution is 7.98. The van der Waals surface area contributed by atoms with Gasteiger partial charge >= 0.3 is 0 Å². The minimum Gasteiger partial charge on any atom is -0.494 e. The van der Waals surface area contributed by atoms with E-state index in [1.807, 2.05) is 62.4 Å². The predicted molar refractivity (Wildman–Crippen MR) is 122 cm³/mol. The molecule has 1 aliphatic rings. The van der Waals surface area contributed by atoms with Gasteiger partial charge < -0.3 is 15.8 Å². The molecule has 160 valence electrons. The summed E-state index contributed by atoms with van der Waals surface area (Å²) in [7, 11) is 0. The van der Waals surface area contributed by atoms with Crippen molar-refractivity contribution < 1.29 is 9.53 Å². The van der Waals surface area contributed by atoms with Gasteiger partial charge in [-0.15, -0.1) is 5.10 Å². The van der Waals surface area contributed by atoms with E-state index in [0.29, 0.717) is 39.8 Å². The summed E-state index contributed by atoms with van der Waals surface area (Å²) in [6.07, 6.45) is 0. The van der Waals surface area contributed by atoms with Crippen LogP contribution in [0.4, 0.5) is 5.95 Å². The van der Waals surface area contributed by atoms with Gasteiger partial charge in [0.2, 0.25) is 17.0 Å². The molecule has 31 heavy (non-hydrogen) atoms. The molecular weight excluding hydrogens is 434 g/mol. The van der Waals surface area contributed by atoms with Gasteiger partial charge in [-0.05, 0) is 43.2 Å². The SMILES string of the molecule is CCOc1ccc(C2C(C(N)=O)=C(C)Nc3nc(SCc4ccccc4Cl)nn32)cc1. The molecule has 0 spiro atoms. The maximum absolute atomic E-state index is 12.3. The number of ether oxygens (including phenoxy) is 1. The number of anilines is 1. The molecule has 1 unspecified atom stereocenters. The van der Waals surface area contributed by atoms with Gasteiger partial charge in [0.05, 0.1) is 12.2 Å². The Morgan fingerprint density at radius 1 is 1.26 bits per heavy atom. The number of allylic oxidation sites excluding steroid dienone is 1. The van der Waals surface area contributed by atoms with Crippen LogP contribution in [0.25, 0.3) is 0 Å². The van der Waals surface area contributed by atoms with Gasteiger partial charge in [0, 0.05) is 16.5 Å². The van der Waals surface area contributed by atoms with Crippen LogP contribution in [0.3, 0.4) is 0 Å². The van der Waals surface area contributed by atoms with Gasteiger partial charge in [0.15, 0.2) is 0 Å². The minimum atomic E-state index is -0.504. The second-order valence-electron chi connectivity index (χ2n) is 6.98. The Morgan fingerprint density at radius 3 is 2.68 bits per heavy atom. The van der Waals surface area contributed by atoms with Gasteiger partial charge in [0.25, 0.3) is 0 Å². The molecule has 0 radical (unpaired) electrons. The number of thioether (sulfide) groups is 1. The van der Waals surface area contributed by atoms with E-state index in [4.69, 9.17) is 22.1 Å². The quantitative estimate of drug-likeness (QED) is 0.513. The van der Waals surface area contributed by atoms with Gasteiger partial charge in [-0.3, -0.25) is 4.79 Å². The number of primary amides is 1. The summed E-state index contributed by atoms with van der Waals surface area (Å²) in [6, 6.07) is 14.8. The number of hydrogen-bond donors (Lipinski definition) is 2. The average Bonchev–Trinajstić information content (AvgIpc) is 3.15. The summed E-state index contributed by atoms with van der Waals surface area (Å²) in [6.45, 7) is 4.33. The molecular formula is C22H22ClN5O2S. The number of rotatable bonds is 7. The van der Waals surface area contributed by atoms with E-state index in [1.54, 1.807) is 4.68 Å². The molecule has 0 bridgehead atoms. The van der Waals surface area contributed by atoms with E-state index in [9.17, 15) is 4.79 Å². The van der Waals surface area contributed by atoms with Crippen LogP contribution in [-0.4, -0.2) is 27.3 Å². The van der Waals surface area contributed by atoms with Crippen LogP contribution in [0.2, 0.25) is 5.02 Å². The molecule has 1 aliphatic heterocycles. The molecule has 2 aromatic carbocycles. The number of amides is 1. The van der Waals surface area contributed by atoms with E-state index in [0.717, 1.165) is 16.9 Å². The smallest absolute Gasteiger partial charge is 0.248 e. The fourth-order valence-corrected chi connectivity index (χ4v) is 4.61. The van der Waals surface area contributed by atoms with Crippen molar-refractivity contribution in [3.05, 3.63) is 76.0 Å². The van der Waals surface area contributed by atoms with Crippen molar-refractivity contribution in [1.82, 2.24) is 14.8 Å². The first-order chi connectivity index (χ1) is 15.0. The number of nitrogens with one attached hydrogen (secondary N) is 1. The Balaban J connectivity index is 1.67. The van der Waals surface area contributed by atoms with E-state index in [-0.39, 0.29) is 0 Å². The normalized spacial score (nSPS) is 15.4. The third-order valence-corrected chi connectivity index (χ3v) is 6.18. The van der Waals surface area contributed by atoms with Crippen LogP contribution in [0.15, 0.2) is 65.0 Å². The number of hydrogen-bond acceptors (Lipinski definition) is 6. The number of aromatic nitrogens is 3. The lowest BCUT2D eigenvalue weighted by Crippen LogP contribution is -2.31.